The summed E-state index contributed by atoms with van der Waals surface area (Å²) in [6.45, 7) is 1.80. The number of thioether (sulfide) groups is 1. The topological polar surface area (TPSA) is 90.0 Å². The smallest absolute Gasteiger partial charge is 0.263 e. The number of anilines is 1. The molecule has 0 saturated heterocycles. The number of aryl methyl sites for hydroxylation is 3. The van der Waals surface area contributed by atoms with Crippen molar-refractivity contribution >= 4 is 45.1 Å². The summed E-state index contributed by atoms with van der Waals surface area (Å²) in [6, 6.07) is 1.85. The summed E-state index contributed by atoms with van der Waals surface area (Å²) in [5.74, 6) is 0.293. The fourth-order valence-electron chi connectivity index (χ4n) is 4.35. The third kappa shape index (κ3) is 3.50. The Balaban J connectivity index is 1.46. The predicted octanol–water partition coefficient (Wildman–Crippen LogP) is 4.09. The molecule has 0 aromatic carbocycles. The van der Waals surface area contributed by atoms with Gasteiger partial charge in [0.2, 0.25) is 11.8 Å². The zero-order valence-electron chi connectivity index (χ0n) is 16.2. The molecule has 1 amide bonds. The van der Waals surface area contributed by atoms with Gasteiger partial charge < -0.3 is 4.52 Å². The molecule has 3 heterocycles. The normalized spacial score (nSPS) is 16.6. The molecular weight excluding hydrogens is 408 g/mol. The molecule has 2 aliphatic rings. The molecule has 5 rings (SSSR count). The van der Waals surface area contributed by atoms with E-state index in [1.165, 1.54) is 22.2 Å². The van der Waals surface area contributed by atoms with E-state index in [0.717, 1.165) is 55.2 Å². The number of thiophene rings is 1. The lowest BCUT2D eigenvalue weighted by atomic mass is 10.2. The molecule has 3 aromatic rings. The van der Waals surface area contributed by atoms with Crippen molar-refractivity contribution in [2.24, 2.45) is 0 Å². The Morgan fingerprint density at radius 1 is 1.34 bits per heavy atom. The van der Waals surface area contributed by atoms with Gasteiger partial charge in [-0.25, -0.2) is 4.98 Å². The quantitative estimate of drug-likeness (QED) is 0.484. The zero-order chi connectivity index (χ0) is 20.0. The van der Waals surface area contributed by atoms with Gasteiger partial charge in [-0.3, -0.25) is 19.5 Å². The van der Waals surface area contributed by atoms with Crippen LogP contribution < -0.4 is 10.9 Å². The molecule has 9 heteroatoms. The molecule has 0 atom stereocenters. The fraction of sp³-hybridized carbons (Fsp3) is 0.500. The van der Waals surface area contributed by atoms with Crippen LogP contribution in [-0.2, 0) is 17.6 Å². The van der Waals surface area contributed by atoms with Crippen molar-refractivity contribution in [2.75, 3.05) is 11.1 Å². The summed E-state index contributed by atoms with van der Waals surface area (Å²) in [4.78, 5) is 32.8. The summed E-state index contributed by atoms with van der Waals surface area (Å²) < 4.78 is 6.92. The highest BCUT2D eigenvalue weighted by Crippen LogP contribution is 2.38. The number of nitrogens with zero attached hydrogens (tertiary/aromatic N) is 3. The number of hydrogen-bond donors (Lipinski definition) is 1. The first-order valence-electron chi connectivity index (χ1n) is 10.0. The number of nitrogens with one attached hydrogen (secondary N) is 1. The molecule has 1 saturated carbocycles. The summed E-state index contributed by atoms with van der Waals surface area (Å²) >= 11 is 2.97. The van der Waals surface area contributed by atoms with E-state index in [1.54, 1.807) is 24.3 Å². The first-order valence-corrected chi connectivity index (χ1v) is 11.8. The van der Waals surface area contributed by atoms with Crippen molar-refractivity contribution in [2.45, 2.75) is 63.1 Å². The number of carbonyl (C=O) groups excluding carboxylic acids is 1. The summed E-state index contributed by atoms with van der Waals surface area (Å²) in [5, 5.41) is 7.95. The Morgan fingerprint density at radius 2 is 2.17 bits per heavy atom. The van der Waals surface area contributed by atoms with Crippen LogP contribution in [0, 0.1) is 6.92 Å². The summed E-state index contributed by atoms with van der Waals surface area (Å²) in [5.41, 5.74) is 2.00. The average molecular weight is 431 g/mol. The van der Waals surface area contributed by atoms with Crippen molar-refractivity contribution in [3.05, 3.63) is 32.6 Å². The van der Waals surface area contributed by atoms with Gasteiger partial charge in [0.1, 0.15) is 4.83 Å². The standard InChI is InChI=1S/C20H22N4O3S2/c1-11-9-16(27-23-11)21-15(25)10-28-20-22-18-17(13-7-4-8-14(13)29-18)19(26)24(20)12-5-2-3-6-12/h9,12H,2-8,10H2,1H3,(H,21,25). The summed E-state index contributed by atoms with van der Waals surface area (Å²) in [7, 11) is 0. The van der Waals surface area contributed by atoms with Gasteiger partial charge in [0.25, 0.3) is 5.56 Å². The average Bonchev–Trinajstić information content (AvgIpc) is 3.44. The van der Waals surface area contributed by atoms with E-state index in [0.29, 0.717) is 16.7 Å². The van der Waals surface area contributed by atoms with Gasteiger partial charge in [0, 0.05) is 17.0 Å². The van der Waals surface area contributed by atoms with Crippen molar-refractivity contribution in [1.82, 2.24) is 14.7 Å². The molecule has 2 aliphatic carbocycles. The van der Waals surface area contributed by atoms with Gasteiger partial charge in [0.15, 0.2) is 5.16 Å². The highest BCUT2D eigenvalue weighted by Gasteiger charge is 2.27. The van der Waals surface area contributed by atoms with E-state index < -0.39 is 0 Å². The second-order valence-electron chi connectivity index (χ2n) is 7.71. The Kier molecular flexibility index (Phi) is 4.95. The zero-order valence-corrected chi connectivity index (χ0v) is 17.8. The first kappa shape index (κ1) is 18.9. The SMILES string of the molecule is Cc1cc(NC(=O)CSc2nc3sc4c(c3c(=O)n2C2CCCC2)CCC4)on1. The van der Waals surface area contributed by atoms with Gasteiger partial charge >= 0.3 is 0 Å². The highest BCUT2D eigenvalue weighted by molar-refractivity contribution is 7.99. The Hall–Kier alpha value is -2.13. The second-order valence-corrected chi connectivity index (χ2v) is 9.74. The van der Waals surface area contributed by atoms with Crippen molar-refractivity contribution < 1.29 is 9.32 Å². The number of hydrogen-bond acceptors (Lipinski definition) is 7. The minimum Gasteiger partial charge on any atom is -0.338 e. The monoisotopic (exact) mass is 430 g/mol. The molecule has 0 unspecified atom stereocenters. The third-order valence-electron chi connectivity index (χ3n) is 5.65. The molecule has 0 radical (unpaired) electrons. The lowest BCUT2D eigenvalue weighted by Crippen LogP contribution is -2.27. The molecule has 0 aliphatic heterocycles. The highest BCUT2D eigenvalue weighted by atomic mass is 32.2. The lowest BCUT2D eigenvalue weighted by Gasteiger charge is -2.18. The molecule has 0 bridgehead atoms. The lowest BCUT2D eigenvalue weighted by molar-refractivity contribution is -0.113. The van der Waals surface area contributed by atoms with Crippen LogP contribution in [-0.4, -0.2) is 26.4 Å². The number of aromatic nitrogens is 3. The Morgan fingerprint density at radius 3 is 2.93 bits per heavy atom. The molecule has 29 heavy (non-hydrogen) atoms. The van der Waals surface area contributed by atoms with E-state index in [1.807, 2.05) is 4.57 Å². The van der Waals surface area contributed by atoms with Crippen LogP contribution in [0.2, 0.25) is 0 Å². The van der Waals surface area contributed by atoms with Gasteiger partial charge in [-0.1, -0.05) is 29.8 Å². The van der Waals surface area contributed by atoms with Crippen LogP contribution in [0.15, 0.2) is 20.5 Å². The maximum Gasteiger partial charge on any atom is 0.263 e. The fourth-order valence-corrected chi connectivity index (χ4v) is 6.52. The van der Waals surface area contributed by atoms with Crippen LogP contribution in [0.1, 0.15) is 54.3 Å². The molecule has 152 valence electrons. The minimum absolute atomic E-state index is 0.0788. The van der Waals surface area contributed by atoms with Crippen LogP contribution in [0.3, 0.4) is 0 Å². The molecule has 1 N–H and O–H groups in total. The van der Waals surface area contributed by atoms with Crippen molar-refractivity contribution in [3.8, 4) is 0 Å². The van der Waals surface area contributed by atoms with Gasteiger partial charge in [-0.05, 0) is 44.6 Å². The maximum absolute atomic E-state index is 13.5. The Bertz CT molecular complexity index is 1140. The third-order valence-corrected chi connectivity index (χ3v) is 7.79. The van der Waals surface area contributed by atoms with Crippen molar-refractivity contribution in [1.29, 1.82) is 0 Å². The van der Waals surface area contributed by atoms with Crippen LogP contribution in [0.5, 0.6) is 0 Å². The predicted molar refractivity (Wildman–Crippen MR) is 114 cm³/mol. The van der Waals surface area contributed by atoms with E-state index in [2.05, 4.69) is 10.5 Å². The number of fused-ring (bicyclic) bond motifs is 3. The number of amides is 1. The Labute approximate surface area is 175 Å². The maximum atomic E-state index is 13.5. The largest absolute Gasteiger partial charge is 0.338 e. The molecular formula is C20H22N4O3S2. The van der Waals surface area contributed by atoms with Crippen LogP contribution >= 0.6 is 23.1 Å². The second kappa shape index (κ2) is 7.60. The number of rotatable bonds is 5. The molecule has 0 spiro atoms. The van der Waals surface area contributed by atoms with Crippen LogP contribution in [0.4, 0.5) is 5.88 Å². The van der Waals surface area contributed by atoms with Crippen molar-refractivity contribution in [3.63, 3.8) is 0 Å². The van der Waals surface area contributed by atoms with Gasteiger partial charge in [0.05, 0.1) is 16.8 Å². The first-order chi connectivity index (χ1) is 14.1. The van der Waals surface area contributed by atoms with Gasteiger partial charge in [-0.2, -0.15) is 0 Å². The summed E-state index contributed by atoms with van der Waals surface area (Å²) in [6.07, 6.45) is 7.40. The van der Waals surface area contributed by atoms with E-state index >= 15 is 0 Å². The van der Waals surface area contributed by atoms with E-state index in [4.69, 9.17) is 9.51 Å². The molecule has 1 fully saturated rings. The van der Waals surface area contributed by atoms with Gasteiger partial charge in [-0.15, -0.1) is 11.3 Å². The molecule has 3 aromatic heterocycles. The van der Waals surface area contributed by atoms with Crippen LogP contribution in [0.25, 0.3) is 10.2 Å². The minimum atomic E-state index is -0.202. The molecule has 7 nitrogen and oxygen atoms in total. The van der Waals surface area contributed by atoms with E-state index in [9.17, 15) is 9.59 Å². The number of carbonyl (C=O) groups is 1. The van der Waals surface area contributed by atoms with E-state index in [-0.39, 0.29) is 23.3 Å².